The van der Waals surface area contributed by atoms with Gasteiger partial charge in [0.05, 0.1) is 12.7 Å². The highest BCUT2D eigenvalue weighted by atomic mass is 16.5. The van der Waals surface area contributed by atoms with Crippen LogP contribution < -0.4 is 5.32 Å². The van der Waals surface area contributed by atoms with Gasteiger partial charge in [0.1, 0.15) is 0 Å². The van der Waals surface area contributed by atoms with Crippen LogP contribution in [0.1, 0.15) is 13.3 Å². The summed E-state index contributed by atoms with van der Waals surface area (Å²) in [6.07, 6.45) is 1.63. The molecular formula is C6H13NO. The predicted molar refractivity (Wildman–Crippen MR) is 32.9 cm³/mol. The van der Waals surface area contributed by atoms with E-state index in [-0.39, 0.29) is 0 Å². The minimum absolute atomic E-state index is 0.465. The summed E-state index contributed by atoms with van der Waals surface area (Å²) in [7, 11) is 1.98. The Morgan fingerprint density at radius 2 is 2.38 bits per heavy atom. The molecule has 0 aromatic rings. The van der Waals surface area contributed by atoms with Crippen LogP contribution in [0.25, 0.3) is 0 Å². The van der Waals surface area contributed by atoms with Gasteiger partial charge in [-0.15, -0.1) is 0 Å². The number of rotatable bonds is 1. The Morgan fingerprint density at radius 1 is 1.62 bits per heavy atom. The maximum absolute atomic E-state index is 5.29. The fraction of sp³-hybridized carbons (Fsp3) is 1.00. The zero-order chi connectivity index (χ0) is 5.98. The van der Waals surface area contributed by atoms with E-state index in [9.17, 15) is 0 Å². The summed E-state index contributed by atoms with van der Waals surface area (Å²) >= 11 is 0. The second-order valence-corrected chi connectivity index (χ2v) is 2.37. The van der Waals surface area contributed by atoms with Gasteiger partial charge < -0.3 is 10.1 Å². The predicted octanol–water partition coefficient (Wildman–Crippen LogP) is 0.383. The van der Waals surface area contributed by atoms with E-state index in [4.69, 9.17) is 4.74 Å². The van der Waals surface area contributed by atoms with Gasteiger partial charge in [0, 0.05) is 6.04 Å². The van der Waals surface area contributed by atoms with Crippen molar-refractivity contribution in [1.82, 2.24) is 5.32 Å². The highest BCUT2D eigenvalue weighted by molar-refractivity contribution is 4.73. The van der Waals surface area contributed by atoms with Gasteiger partial charge in [-0.25, -0.2) is 0 Å². The van der Waals surface area contributed by atoms with Crippen molar-refractivity contribution in [2.24, 2.45) is 0 Å². The minimum atomic E-state index is 0.465. The molecule has 0 saturated carbocycles. The van der Waals surface area contributed by atoms with Crippen molar-refractivity contribution < 1.29 is 4.74 Å². The van der Waals surface area contributed by atoms with Crippen molar-refractivity contribution in [3.63, 3.8) is 0 Å². The number of hydrogen-bond acceptors (Lipinski definition) is 2. The summed E-state index contributed by atoms with van der Waals surface area (Å²) in [5.41, 5.74) is 0. The van der Waals surface area contributed by atoms with Crippen LogP contribution in [0, 0.1) is 0 Å². The first-order valence-corrected chi connectivity index (χ1v) is 3.12. The van der Waals surface area contributed by atoms with Gasteiger partial charge in [-0.3, -0.25) is 0 Å². The van der Waals surface area contributed by atoms with E-state index in [1.807, 2.05) is 7.05 Å². The maximum atomic E-state index is 5.29. The lowest BCUT2D eigenvalue weighted by atomic mass is 10.2. The van der Waals surface area contributed by atoms with E-state index in [2.05, 4.69) is 12.2 Å². The topological polar surface area (TPSA) is 21.3 Å². The number of nitrogens with one attached hydrogen (secondary N) is 1. The van der Waals surface area contributed by atoms with Gasteiger partial charge in [-0.1, -0.05) is 0 Å². The van der Waals surface area contributed by atoms with Crippen molar-refractivity contribution >= 4 is 0 Å². The molecular weight excluding hydrogens is 102 g/mol. The summed E-state index contributed by atoms with van der Waals surface area (Å²) in [4.78, 5) is 0. The van der Waals surface area contributed by atoms with E-state index in [0.29, 0.717) is 12.1 Å². The molecule has 1 rings (SSSR count). The van der Waals surface area contributed by atoms with Crippen molar-refractivity contribution in [3.05, 3.63) is 0 Å². The standard InChI is InChI=1S/C6H13NO/c1-5-3-6(7-2)4-8-5/h5-7H,3-4H2,1-2H3. The largest absolute Gasteiger partial charge is 0.377 e. The monoisotopic (exact) mass is 115 g/mol. The average Bonchev–Trinajstić information content (AvgIpc) is 2.14. The fourth-order valence-corrected chi connectivity index (χ4v) is 1.02. The lowest BCUT2D eigenvalue weighted by Crippen LogP contribution is -2.24. The summed E-state index contributed by atoms with van der Waals surface area (Å²) in [5.74, 6) is 0. The molecule has 2 heteroatoms. The molecule has 8 heavy (non-hydrogen) atoms. The molecule has 1 fully saturated rings. The Hall–Kier alpha value is -0.0800. The molecule has 1 aliphatic heterocycles. The minimum Gasteiger partial charge on any atom is -0.377 e. The summed E-state index contributed by atoms with van der Waals surface area (Å²) in [5, 5.41) is 3.17. The average molecular weight is 115 g/mol. The van der Waals surface area contributed by atoms with Crippen molar-refractivity contribution in [3.8, 4) is 0 Å². The van der Waals surface area contributed by atoms with Gasteiger partial charge in [-0.05, 0) is 20.4 Å². The van der Waals surface area contributed by atoms with Gasteiger partial charge >= 0.3 is 0 Å². The maximum Gasteiger partial charge on any atom is 0.0624 e. The third kappa shape index (κ3) is 1.20. The Morgan fingerprint density at radius 3 is 2.62 bits per heavy atom. The molecule has 2 nitrogen and oxygen atoms in total. The van der Waals surface area contributed by atoms with E-state index >= 15 is 0 Å². The van der Waals surface area contributed by atoms with Crippen LogP contribution >= 0.6 is 0 Å². The van der Waals surface area contributed by atoms with Gasteiger partial charge in [0.2, 0.25) is 0 Å². The molecule has 0 spiro atoms. The van der Waals surface area contributed by atoms with Crippen LogP contribution in [0.4, 0.5) is 0 Å². The zero-order valence-corrected chi connectivity index (χ0v) is 5.48. The van der Waals surface area contributed by atoms with Crippen molar-refractivity contribution in [2.75, 3.05) is 13.7 Å². The lowest BCUT2D eigenvalue weighted by molar-refractivity contribution is 0.122. The quantitative estimate of drug-likeness (QED) is 0.533. The molecule has 2 atom stereocenters. The first-order chi connectivity index (χ1) is 3.83. The van der Waals surface area contributed by atoms with Crippen molar-refractivity contribution in [1.29, 1.82) is 0 Å². The number of ether oxygens (including phenoxy) is 1. The summed E-state index contributed by atoms with van der Waals surface area (Å²) in [6.45, 7) is 3.00. The highest BCUT2D eigenvalue weighted by Gasteiger charge is 2.19. The Labute approximate surface area is 50.2 Å². The van der Waals surface area contributed by atoms with E-state index in [1.54, 1.807) is 0 Å². The van der Waals surface area contributed by atoms with Crippen LogP contribution in [0.5, 0.6) is 0 Å². The molecule has 0 aromatic heterocycles. The number of hydrogen-bond donors (Lipinski definition) is 1. The molecule has 0 radical (unpaired) electrons. The fourth-order valence-electron chi connectivity index (χ4n) is 1.02. The Kier molecular flexibility index (Phi) is 1.86. The molecule has 2 unspecified atom stereocenters. The molecule has 0 bridgehead atoms. The molecule has 48 valence electrons. The van der Waals surface area contributed by atoms with Crippen LogP contribution in [-0.4, -0.2) is 25.8 Å². The highest BCUT2D eigenvalue weighted by Crippen LogP contribution is 2.10. The number of likely N-dealkylation sites (N-methyl/N-ethyl adjacent to an activating group) is 1. The zero-order valence-electron chi connectivity index (χ0n) is 5.48. The van der Waals surface area contributed by atoms with Crippen molar-refractivity contribution in [2.45, 2.75) is 25.5 Å². The molecule has 1 saturated heterocycles. The third-order valence-electron chi connectivity index (χ3n) is 1.61. The lowest BCUT2D eigenvalue weighted by Gasteiger charge is -2.01. The first kappa shape index (κ1) is 6.05. The Balaban J connectivity index is 2.22. The van der Waals surface area contributed by atoms with Crippen LogP contribution in [0.15, 0.2) is 0 Å². The van der Waals surface area contributed by atoms with Crippen LogP contribution in [0.3, 0.4) is 0 Å². The smallest absolute Gasteiger partial charge is 0.0624 e. The molecule has 0 amide bonds. The van der Waals surface area contributed by atoms with E-state index < -0.39 is 0 Å². The molecule has 1 aliphatic rings. The summed E-state index contributed by atoms with van der Waals surface area (Å²) in [6, 6.07) is 0.602. The van der Waals surface area contributed by atoms with E-state index in [0.717, 1.165) is 13.0 Å². The van der Waals surface area contributed by atoms with Gasteiger partial charge in [-0.2, -0.15) is 0 Å². The van der Waals surface area contributed by atoms with Gasteiger partial charge in [0.25, 0.3) is 0 Å². The molecule has 1 heterocycles. The van der Waals surface area contributed by atoms with Crippen LogP contribution in [-0.2, 0) is 4.74 Å². The second-order valence-electron chi connectivity index (χ2n) is 2.37. The summed E-state index contributed by atoms with van der Waals surface area (Å²) < 4.78 is 5.29. The first-order valence-electron chi connectivity index (χ1n) is 3.12. The van der Waals surface area contributed by atoms with Gasteiger partial charge in [0.15, 0.2) is 0 Å². The van der Waals surface area contributed by atoms with E-state index in [1.165, 1.54) is 0 Å². The molecule has 0 aliphatic carbocycles. The molecule has 1 N–H and O–H groups in total. The SMILES string of the molecule is CNC1COC(C)C1. The Bertz CT molecular complexity index is 74.9. The molecule has 0 aromatic carbocycles. The van der Waals surface area contributed by atoms with Crippen LogP contribution in [0.2, 0.25) is 0 Å². The normalized spacial score (nSPS) is 38.2. The second kappa shape index (κ2) is 2.46. The third-order valence-corrected chi connectivity index (χ3v) is 1.61.